The molecule has 32 heavy (non-hydrogen) atoms. The van der Waals surface area contributed by atoms with Gasteiger partial charge in [0.15, 0.2) is 5.82 Å². The predicted octanol–water partition coefficient (Wildman–Crippen LogP) is 4.46. The minimum absolute atomic E-state index is 0.220. The van der Waals surface area contributed by atoms with Gasteiger partial charge in [-0.05, 0) is 41.1 Å². The van der Waals surface area contributed by atoms with Crippen LogP contribution in [0.3, 0.4) is 0 Å². The van der Waals surface area contributed by atoms with Gasteiger partial charge >= 0.3 is 0 Å². The van der Waals surface area contributed by atoms with Crippen LogP contribution < -0.4 is 4.90 Å². The molecule has 1 aromatic heterocycles. The molecular formula is C24H21ClN4O2S. The fourth-order valence-corrected chi connectivity index (χ4v) is 5.74. The molecule has 0 saturated carbocycles. The Balaban J connectivity index is 1.31. The number of rotatable bonds is 4. The third-order valence-corrected chi connectivity index (χ3v) is 7.84. The van der Waals surface area contributed by atoms with Crippen molar-refractivity contribution < 1.29 is 8.42 Å². The van der Waals surface area contributed by atoms with Crippen molar-refractivity contribution in [1.29, 1.82) is 0 Å². The third kappa shape index (κ3) is 3.95. The first-order chi connectivity index (χ1) is 15.5. The molecule has 2 heterocycles. The van der Waals surface area contributed by atoms with E-state index in [1.165, 1.54) is 10.4 Å². The van der Waals surface area contributed by atoms with Crippen molar-refractivity contribution in [2.24, 2.45) is 0 Å². The Morgan fingerprint density at radius 1 is 0.781 bits per heavy atom. The predicted molar refractivity (Wildman–Crippen MR) is 127 cm³/mol. The van der Waals surface area contributed by atoms with Crippen LogP contribution in [0.15, 0.2) is 83.8 Å². The number of nitrogens with zero attached hydrogens (tertiary/aromatic N) is 4. The van der Waals surface area contributed by atoms with E-state index in [0.717, 1.165) is 27.8 Å². The van der Waals surface area contributed by atoms with Crippen molar-refractivity contribution in [3.8, 4) is 11.3 Å². The van der Waals surface area contributed by atoms with Crippen LogP contribution in [-0.4, -0.2) is 49.1 Å². The normalized spacial score (nSPS) is 15.2. The van der Waals surface area contributed by atoms with Gasteiger partial charge in [0.2, 0.25) is 10.0 Å². The molecule has 162 valence electrons. The Morgan fingerprint density at radius 2 is 1.53 bits per heavy atom. The zero-order valence-corrected chi connectivity index (χ0v) is 18.8. The van der Waals surface area contributed by atoms with Crippen molar-refractivity contribution in [3.63, 3.8) is 0 Å². The molecule has 0 N–H and O–H groups in total. The highest BCUT2D eigenvalue weighted by Crippen LogP contribution is 2.28. The van der Waals surface area contributed by atoms with Gasteiger partial charge in [0.25, 0.3) is 0 Å². The molecule has 0 amide bonds. The topological polar surface area (TPSA) is 66.4 Å². The van der Waals surface area contributed by atoms with Gasteiger partial charge in [0.05, 0.1) is 10.6 Å². The summed E-state index contributed by atoms with van der Waals surface area (Å²) in [6.07, 6.45) is 0. The van der Waals surface area contributed by atoms with E-state index < -0.39 is 10.0 Å². The summed E-state index contributed by atoms with van der Waals surface area (Å²) >= 11 is 5.98. The first kappa shape index (κ1) is 20.9. The van der Waals surface area contributed by atoms with E-state index in [-0.39, 0.29) is 4.90 Å². The van der Waals surface area contributed by atoms with Crippen molar-refractivity contribution in [2.75, 3.05) is 31.1 Å². The molecule has 8 heteroatoms. The molecule has 0 radical (unpaired) electrons. The van der Waals surface area contributed by atoms with Gasteiger partial charge in [0, 0.05) is 36.8 Å². The van der Waals surface area contributed by atoms with Crippen LogP contribution in [0.5, 0.6) is 0 Å². The van der Waals surface area contributed by atoms with E-state index >= 15 is 0 Å². The first-order valence-electron chi connectivity index (χ1n) is 10.3. The summed E-state index contributed by atoms with van der Waals surface area (Å²) in [5, 5.41) is 11.6. The number of halogens is 1. The lowest BCUT2D eigenvalue weighted by Gasteiger charge is -2.34. The molecule has 0 spiro atoms. The highest BCUT2D eigenvalue weighted by Gasteiger charge is 2.29. The average molecular weight is 465 g/mol. The summed E-state index contributed by atoms with van der Waals surface area (Å²) in [6, 6.07) is 24.7. The third-order valence-electron chi connectivity index (χ3n) is 5.71. The Hall–Kier alpha value is -3.00. The lowest BCUT2D eigenvalue weighted by atomic mass is 10.0. The smallest absolute Gasteiger partial charge is 0.243 e. The van der Waals surface area contributed by atoms with Gasteiger partial charge < -0.3 is 4.90 Å². The van der Waals surface area contributed by atoms with E-state index in [4.69, 9.17) is 11.6 Å². The molecule has 1 fully saturated rings. The number of aromatic nitrogens is 2. The molecule has 5 rings (SSSR count). The maximum absolute atomic E-state index is 12.9. The number of fused-ring (bicyclic) bond motifs is 1. The Bertz CT molecular complexity index is 1360. The van der Waals surface area contributed by atoms with Crippen LogP contribution in [0.2, 0.25) is 5.02 Å². The van der Waals surface area contributed by atoms with Crippen molar-refractivity contribution in [3.05, 3.63) is 83.9 Å². The molecule has 0 unspecified atom stereocenters. The summed E-state index contributed by atoms with van der Waals surface area (Å²) in [5.74, 6) is 0.744. The maximum Gasteiger partial charge on any atom is 0.243 e. The Morgan fingerprint density at radius 3 is 2.28 bits per heavy atom. The zero-order valence-electron chi connectivity index (χ0n) is 17.2. The summed E-state index contributed by atoms with van der Waals surface area (Å²) in [6.45, 7) is 1.84. The van der Waals surface area contributed by atoms with Crippen LogP contribution in [-0.2, 0) is 10.0 Å². The average Bonchev–Trinajstić information content (AvgIpc) is 2.84. The Labute approximate surface area is 192 Å². The molecule has 4 aromatic rings. The second-order valence-electron chi connectivity index (χ2n) is 7.65. The van der Waals surface area contributed by atoms with Crippen molar-refractivity contribution in [2.45, 2.75) is 4.90 Å². The van der Waals surface area contributed by atoms with E-state index in [9.17, 15) is 8.42 Å². The van der Waals surface area contributed by atoms with Gasteiger partial charge in [-0.3, -0.25) is 0 Å². The van der Waals surface area contributed by atoms with E-state index in [1.807, 2.05) is 36.4 Å². The van der Waals surface area contributed by atoms with Gasteiger partial charge in [-0.2, -0.15) is 4.31 Å². The number of hydrogen-bond donors (Lipinski definition) is 0. The molecule has 1 aliphatic heterocycles. The second kappa shape index (κ2) is 8.50. The van der Waals surface area contributed by atoms with Crippen LogP contribution in [0.1, 0.15) is 0 Å². The van der Waals surface area contributed by atoms with Crippen molar-refractivity contribution >= 4 is 38.2 Å². The lowest BCUT2D eigenvalue weighted by molar-refractivity contribution is 0.383. The molecule has 1 aliphatic rings. The van der Waals surface area contributed by atoms with Crippen molar-refractivity contribution in [1.82, 2.24) is 14.5 Å². The maximum atomic E-state index is 12.9. The molecule has 0 bridgehead atoms. The van der Waals surface area contributed by atoms with E-state index in [0.29, 0.717) is 31.2 Å². The first-order valence-corrected chi connectivity index (χ1v) is 12.2. The summed E-state index contributed by atoms with van der Waals surface area (Å²) in [7, 11) is -3.57. The number of benzene rings is 3. The number of anilines is 1. The number of sulfonamides is 1. The minimum Gasteiger partial charge on any atom is -0.352 e. The molecular weight excluding hydrogens is 444 g/mol. The Kier molecular flexibility index (Phi) is 5.55. The van der Waals surface area contributed by atoms with Gasteiger partial charge in [-0.1, -0.05) is 60.1 Å². The lowest BCUT2D eigenvalue weighted by Crippen LogP contribution is -2.49. The summed E-state index contributed by atoms with van der Waals surface area (Å²) in [5.41, 5.74) is 1.85. The highest BCUT2D eigenvalue weighted by atomic mass is 35.5. The number of hydrogen-bond acceptors (Lipinski definition) is 5. The molecule has 3 aromatic carbocycles. The quantitative estimate of drug-likeness (QED) is 0.446. The SMILES string of the molecule is O=S(=O)(c1cccc(Cl)c1)N1CCN(c2ccc(-c3cccc4ccccc34)nn2)CC1. The van der Waals surface area contributed by atoms with E-state index in [1.54, 1.807) is 18.2 Å². The monoisotopic (exact) mass is 464 g/mol. The number of piperazine rings is 1. The standard InChI is InChI=1S/C24H21ClN4O2S/c25-19-7-4-8-20(17-19)32(30,31)29-15-13-28(14-16-29)24-12-11-23(26-27-24)22-10-3-6-18-5-1-2-9-21(18)22/h1-12,17H,13-16H2. The van der Waals surface area contributed by atoms with Crippen LogP contribution in [0, 0.1) is 0 Å². The summed E-state index contributed by atoms with van der Waals surface area (Å²) < 4.78 is 27.3. The molecule has 1 saturated heterocycles. The molecule has 0 aliphatic carbocycles. The minimum atomic E-state index is -3.57. The zero-order chi connectivity index (χ0) is 22.1. The highest BCUT2D eigenvalue weighted by molar-refractivity contribution is 7.89. The van der Waals surface area contributed by atoms with Gasteiger partial charge in [0.1, 0.15) is 0 Å². The van der Waals surface area contributed by atoms with Crippen LogP contribution >= 0.6 is 11.6 Å². The largest absolute Gasteiger partial charge is 0.352 e. The van der Waals surface area contributed by atoms with Gasteiger partial charge in [-0.15, -0.1) is 10.2 Å². The summed E-state index contributed by atoms with van der Waals surface area (Å²) in [4.78, 5) is 2.28. The molecule has 6 nitrogen and oxygen atoms in total. The van der Waals surface area contributed by atoms with E-state index in [2.05, 4.69) is 33.3 Å². The fraction of sp³-hybridized carbons (Fsp3) is 0.167. The van der Waals surface area contributed by atoms with Gasteiger partial charge in [-0.25, -0.2) is 8.42 Å². The second-order valence-corrected chi connectivity index (χ2v) is 10.0. The van der Waals surface area contributed by atoms with Crippen LogP contribution in [0.25, 0.3) is 22.0 Å². The fourth-order valence-electron chi connectivity index (χ4n) is 4.02. The van der Waals surface area contributed by atoms with Crippen LogP contribution in [0.4, 0.5) is 5.82 Å². The molecule has 0 atom stereocenters.